The van der Waals surface area contributed by atoms with E-state index in [2.05, 4.69) is 60.3 Å². The van der Waals surface area contributed by atoms with Crippen molar-refractivity contribution in [3.63, 3.8) is 0 Å². The summed E-state index contributed by atoms with van der Waals surface area (Å²) in [4.78, 5) is 4.47. The molecule has 1 fully saturated rings. The molecule has 1 aliphatic carbocycles. The van der Waals surface area contributed by atoms with Crippen LogP contribution in [-0.4, -0.2) is 30.4 Å². The van der Waals surface area contributed by atoms with Crippen molar-refractivity contribution < 1.29 is 0 Å². The fourth-order valence-electron chi connectivity index (χ4n) is 4.65. The predicted molar refractivity (Wildman–Crippen MR) is 156 cm³/mol. The highest BCUT2D eigenvalue weighted by molar-refractivity contribution is 6.36. The number of nitriles is 1. The first-order valence-electron chi connectivity index (χ1n) is 12.6. The Morgan fingerprint density at radius 1 is 1.21 bits per heavy atom. The van der Waals surface area contributed by atoms with E-state index in [1.807, 2.05) is 41.5 Å². The second-order valence-electron chi connectivity index (χ2n) is 11.3. The first-order valence-corrected chi connectivity index (χ1v) is 13.4. The number of rotatable bonds is 7. The van der Waals surface area contributed by atoms with Crippen LogP contribution in [0, 0.1) is 22.7 Å². The van der Waals surface area contributed by atoms with Crippen LogP contribution in [0.5, 0.6) is 0 Å². The minimum absolute atomic E-state index is 0.00299. The molecule has 1 saturated carbocycles. The van der Waals surface area contributed by atoms with Gasteiger partial charge in [0.05, 0.1) is 32.9 Å². The molecule has 1 unspecified atom stereocenters. The third-order valence-electron chi connectivity index (χ3n) is 6.92. The van der Waals surface area contributed by atoms with Crippen molar-refractivity contribution in [3.8, 4) is 6.07 Å². The Morgan fingerprint density at radius 2 is 1.95 bits per heavy atom. The first-order chi connectivity index (χ1) is 18.0. The van der Waals surface area contributed by atoms with Crippen molar-refractivity contribution in [3.05, 3.63) is 75.7 Å². The van der Waals surface area contributed by atoms with Crippen molar-refractivity contribution in [1.82, 2.24) is 21.0 Å². The number of hydrogen-bond acceptors (Lipinski definition) is 7. The highest BCUT2D eigenvalue weighted by atomic mass is 35.5. The molecule has 194 valence electrons. The van der Waals surface area contributed by atoms with Gasteiger partial charge in [-0.1, -0.05) is 69.1 Å². The molecule has 3 aromatic rings. The number of halogens is 2. The van der Waals surface area contributed by atoms with E-state index in [1.165, 1.54) is 0 Å². The summed E-state index contributed by atoms with van der Waals surface area (Å²) >= 11 is 13.4. The maximum atomic E-state index is 9.81. The van der Waals surface area contributed by atoms with Crippen LogP contribution in [0.25, 0.3) is 10.9 Å². The van der Waals surface area contributed by atoms with Crippen molar-refractivity contribution in [2.24, 2.45) is 11.3 Å². The van der Waals surface area contributed by atoms with E-state index in [9.17, 15) is 5.26 Å². The summed E-state index contributed by atoms with van der Waals surface area (Å²) in [7, 11) is 7.16. The Balaban J connectivity index is 1.60. The summed E-state index contributed by atoms with van der Waals surface area (Å²) < 4.78 is 0. The smallest absolute Gasteiger partial charge is 0.119 e. The molecule has 1 aliphatic heterocycles. The van der Waals surface area contributed by atoms with Crippen LogP contribution in [0.15, 0.2) is 54.5 Å². The van der Waals surface area contributed by atoms with Crippen molar-refractivity contribution >= 4 is 53.3 Å². The second-order valence-corrected chi connectivity index (χ2v) is 12.1. The third kappa shape index (κ3) is 5.11. The third-order valence-corrected chi connectivity index (χ3v) is 7.54. The van der Waals surface area contributed by atoms with Crippen LogP contribution in [0.1, 0.15) is 45.2 Å². The van der Waals surface area contributed by atoms with Crippen molar-refractivity contribution in [2.75, 3.05) is 17.2 Å². The summed E-state index contributed by atoms with van der Waals surface area (Å²) in [6.45, 7) is 9.26. The van der Waals surface area contributed by atoms with Crippen LogP contribution in [0.2, 0.25) is 10.0 Å². The molecule has 0 saturated heterocycles. The predicted octanol–water partition coefficient (Wildman–Crippen LogP) is 5.88. The quantitative estimate of drug-likeness (QED) is 0.276. The lowest BCUT2D eigenvalue weighted by Crippen LogP contribution is -2.46. The van der Waals surface area contributed by atoms with E-state index in [1.54, 1.807) is 12.3 Å². The fourth-order valence-corrected chi connectivity index (χ4v) is 5.20. The molecule has 10 heteroatoms. The lowest BCUT2D eigenvalue weighted by molar-refractivity contribution is 0.251. The molecular formula is C28H30BCl2N7. The number of nitrogens with zero attached hydrogens (tertiary/aromatic N) is 3. The fraction of sp³-hybridized carbons (Fsp3) is 0.357. The molecule has 7 nitrogen and oxygen atoms in total. The van der Waals surface area contributed by atoms with Crippen LogP contribution in [0.3, 0.4) is 0 Å². The molecule has 3 atom stereocenters. The van der Waals surface area contributed by atoms with E-state index in [4.69, 9.17) is 31.0 Å². The molecule has 1 aromatic heterocycles. The SMILES string of the molecule is [B]C(Nc1cc(Cl)c2ncc(C#N)c(NCC(C)(C)C)c2c1)(C1=CN([C@H]2C[C@@H]2C)NN1)c1ccccc1Cl. The van der Waals surface area contributed by atoms with Gasteiger partial charge in [0.2, 0.25) is 0 Å². The number of anilines is 2. The van der Waals surface area contributed by atoms with Crippen LogP contribution < -0.4 is 21.6 Å². The van der Waals surface area contributed by atoms with E-state index in [0.29, 0.717) is 62.3 Å². The standard InChI is InChI=1S/C28H30BCl2N7/c1-16-9-23(16)38-14-24(36-37-38)28(29,20-7-5-6-8-21(20)30)35-18-10-19-25(34-15-27(2,3)4)17(12-32)13-33-26(19)22(31)11-18/h5-8,10-11,13-14,16,23,35-37H,9,15H2,1-4H3,(H,33,34)/t16-,23-,28?/m0/s1. The van der Waals surface area contributed by atoms with Gasteiger partial charge in [0.1, 0.15) is 13.9 Å². The Bertz CT molecular complexity index is 1460. The molecule has 0 amide bonds. The molecule has 2 heterocycles. The van der Waals surface area contributed by atoms with Gasteiger partial charge in [-0.2, -0.15) is 5.26 Å². The minimum Gasteiger partial charge on any atom is -0.383 e. The number of hydrogen-bond donors (Lipinski definition) is 4. The highest BCUT2D eigenvalue weighted by Crippen LogP contribution is 2.41. The van der Waals surface area contributed by atoms with Gasteiger partial charge in [-0.05, 0) is 41.5 Å². The number of fused-ring (bicyclic) bond motifs is 1. The molecule has 0 spiro atoms. The normalized spacial score (nSPS) is 20.3. The molecule has 0 bridgehead atoms. The summed E-state index contributed by atoms with van der Waals surface area (Å²) in [5.41, 5.74) is 9.02. The number of nitrogens with one attached hydrogen (secondary N) is 4. The van der Waals surface area contributed by atoms with Gasteiger partial charge < -0.3 is 16.1 Å². The van der Waals surface area contributed by atoms with Crippen LogP contribution in [-0.2, 0) is 5.44 Å². The summed E-state index contributed by atoms with van der Waals surface area (Å²) in [6, 6.07) is 13.8. The second kappa shape index (κ2) is 9.89. The van der Waals surface area contributed by atoms with Gasteiger partial charge in [0, 0.05) is 41.1 Å². The van der Waals surface area contributed by atoms with E-state index >= 15 is 0 Å². The van der Waals surface area contributed by atoms with Gasteiger partial charge >= 0.3 is 0 Å². The van der Waals surface area contributed by atoms with Gasteiger partial charge in [-0.15, -0.1) is 5.53 Å². The number of hydrazine groups is 2. The summed E-state index contributed by atoms with van der Waals surface area (Å²) in [5, 5.41) is 20.5. The average molecular weight is 546 g/mol. The largest absolute Gasteiger partial charge is 0.383 e. The molecule has 38 heavy (non-hydrogen) atoms. The molecule has 5 rings (SSSR count). The highest BCUT2D eigenvalue weighted by Gasteiger charge is 2.42. The summed E-state index contributed by atoms with van der Waals surface area (Å²) in [5.74, 6) is 0.598. The monoisotopic (exact) mass is 545 g/mol. The lowest BCUT2D eigenvalue weighted by Gasteiger charge is -2.35. The van der Waals surface area contributed by atoms with E-state index in [-0.39, 0.29) is 5.41 Å². The Labute approximate surface area is 234 Å². The first kappa shape index (κ1) is 26.5. The van der Waals surface area contributed by atoms with E-state index < -0.39 is 5.44 Å². The topological polar surface area (TPSA) is 88.0 Å². The van der Waals surface area contributed by atoms with Crippen molar-refractivity contribution in [1.29, 1.82) is 5.26 Å². The lowest BCUT2D eigenvalue weighted by atomic mass is 9.69. The van der Waals surface area contributed by atoms with Gasteiger partial charge in [0.15, 0.2) is 0 Å². The minimum atomic E-state index is -1.23. The number of pyridine rings is 1. The molecule has 4 N–H and O–H groups in total. The maximum Gasteiger partial charge on any atom is 0.119 e. The number of benzene rings is 2. The Hall–Kier alpha value is -3.12. The van der Waals surface area contributed by atoms with Gasteiger partial charge in [-0.25, -0.2) is 0 Å². The van der Waals surface area contributed by atoms with Crippen LogP contribution >= 0.6 is 23.2 Å². The Kier molecular flexibility index (Phi) is 6.89. The average Bonchev–Trinajstić information content (AvgIpc) is 3.37. The van der Waals surface area contributed by atoms with E-state index in [0.717, 1.165) is 11.8 Å². The maximum absolute atomic E-state index is 9.81. The molecule has 2 radical (unpaired) electrons. The van der Waals surface area contributed by atoms with Crippen LogP contribution in [0.4, 0.5) is 11.4 Å². The molecule has 2 aliphatic rings. The number of aromatic nitrogens is 1. The molecule has 2 aromatic carbocycles. The zero-order chi connectivity index (χ0) is 27.2. The zero-order valence-electron chi connectivity index (χ0n) is 21.9. The summed E-state index contributed by atoms with van der Waals surface area (Å²) in [6.07, 6.45) is 4.64. The van der Waals surface area contributed by atoms with Gasteiger partial charge in [0.25, 0.3) is 0 Å². The zero-order valence-corrected chi connectivity index (χ0v) is 23.4. The van der Waals surface area contributed by atoms with Crippen molar-refractivity contribution in [2.45, 2.75) is 45.6 Å². The Morgan fingerprint density at radius 3 is 2.61 bits per heavy atom. The van der Waals surface area contributed by atoms with Gasteiger partial charge in [-0.3, -0.25) is 9.99 Å². The molecular weight excluding hydrogens is 516 g/mol.